The molecule has 3 N–H and O–H groups in total. The predicted octanol–water partition coefficient (Wildman–Crippen LogP) is 1.39. The summed E-state index contributed by atoms with van der Waals surface area (Å²) < 4.78 is 0. The Kier molecular flexibility index (Phi) is 4.52. The molecule has 2 rings (SSSR count). The largest absolute Gasteiger partial charge is 0.481 e. The Labute approximate surface area is 112 Å². The number of hydrogen-bond donors (Lipinski definition) is 3. The van der Waals surface area contributed by atoms with Crippen LogP contribution in [-0.4, -0.2) is 29.6 Å². The molecule has 0 aliphatic carbocycles. The molecule has 1 aromatic carbocycles. The predicted molar refractivity (Wildman–Crippen MR) is 72.1 cm³/mol. The van der Waals surface area contributed by atoms with E-state index in [0.717, 1.165) is 30.6 Å². The summed E-state index contributed by atoms with van der Waals surface area (Å²) in [6, 6.07) is 7.23. The Morgan fingerprint density at radius 1 is 1.42 bits per heavy atom. The van der Waals surface area contributed by atoms with E-state index in [-0.39, 0.29) is 18.4 Å². The highest BCUT2D eigenvalue weighted by Crippen LogP contribution is 2.14. The number of carbonyl (C=O) groups is 2. The molecule has 1 atom stereocenters. The van der Waals surface area contributed by atoms with Gasteiger partial charge in [0.05, 0.1) is 6.04 Å². The molecule has 102 valence electrons. The molecule has 5 nitrogen and oxygen atoms in total. The van der Waals surface area contributed by atoms with Gasteiger partial charge < -0.3 is 15.7 Å². The van der Waals surface area contributed by atoms with Gasteiger partial charge in [-0.3, -0.25) is 9.59 Å². The highest BCUT2D eigenvalue weighted by Gasteiger charge is 2.21. The lowest BCUT2D eigenvalue weighted by atomic mass is 10.1. The molecular formula is C14H18N2O3. The number of benzene rings is 1. The molecule has 0 bridgehead atoms. The third-order valence-corrected chi connectivity index (χ3v) is 3.20. The first-order valence-corrected chi connectivity index (χ1v) is 6.50. The Bertz CT molecular complexity index is 468. The van der Waals surface area contributed by atoms with E-state index in [4.69, 9.17) is 5.11 Å². The maximum Gasteiger partial charge on any atom is 0.303 e. The molecule has 19 heavy (non-hydrogen) atoms. The average molecular weight is 262 g/mol. The molecule has 0 saturated carbocycles. The van der Waals surface area contributed by atoms with Gasteiger partial charge in [0.15, 0.2) is 0 Å². The minimum absolute atomic E-state index is 0.0205. The van der Waals surface area contributed by atoms with Crippen molar-refractivity contribution in [1.29, 1.82) is 0 Å². The number of aliphatic carboxylic acids is 1. The molecule has 0 spiro atoms. The minimum Gasteiger partial charge on any atom is -0.481 e. The van der Waals surface area contributed by atoms with E-state index in [1.807, 2.05) is 24.3 Å². The summed E-state index contributed by atoms with van der Waals surface area (Å²) >= 11 is 0. The number of carboxylic acids is 1. The van der Waals surface area contributed by atoms with Gasteiger partial charge in [-0.15, -0.1) is 0 Å². The van der Waals surface area contributed by atoms with Crippen molar-refractivity contribution in [2.45, 2.75) is 31.7 Å². The van der Waals surface area contributed by atoms with Gasteiger partial charge >= 0.3 is 5.97 Å². The maximum atomic E-state index is 11.9. The van der Waals surface area contributed by atoms with Gasteiger partial charge in [-0.2, -0.15) is 0 Å². The fourth-order valence-electron chi connectivity index (χ4n) is 2.19. The van der Waals surface area contributed by atoms with E-state index >= 15 is 0 Å². The summed E-state index contributed by atoms with van der Waals surface area (Å²) in [5.74, 6) is -0.836. The van der Waals surface area contributed by atoms with Crippen LogP contribution in [0.25, 0.3) is 0 Å². The zero-order valence-corrected chi connectivity index (χ0v) is 10.7. The quantitative estimate of drug-likeness (QED) is 0.749. The van der Waals surface area contributed by atoms with Crippen molar-refractivity contribution in [1.82, 2.24) is 5.32 Å². The second-order valence-electron chi connectivity index (χ2n) is 4.73. The van der Waals surface area contributed by atoms with Gasteiger partial charge in [0, 0.05) is 12.1 Å². The topological polar surface area (TPSA) is 78.4 Å². The summed E-state index contributed by atoms with van der Waals surface area (Å²) in [6.45, 7) is 0.886. The standard InChI is InChI=1S/C14H18N2O3/c17-13(18)7-6-10-3-1-4-11(9-10)16-14(19)12-5-2-8-15-12/h1,3-4,9,12,15H,2,5-8H2,(H,16,19)(H,17,18)/t12-/m1/s1. The molecule has 1 saturated heterocycles. The van der Waals surface area contributed by atoms with Gasteiger partial charge in [-0.05, 0) is 43.5 Å². The molecule has 1 fully saturated rings. The Morgan fingerprint density at radius 2 is 2.26 bits per heavy atom. The summed E-state index contributed by atoms with van der Waals surface area (Å²) in [7, 11) is 0. The van der Waals surface area contributed by atoms with Gasteiger partial charge in [0.1, 0.15) is 0 Å². The Morgan fingerprint density at radius 3 is 2.95 bits per heavy atom. The first kappa shape index (κ1) is 13.5. The summed E-state index contributed by atoms with van der Waals surface area (Å²) in [6.07, 6.45) is 2.46. The van der Waals surface area contributed by atoms with Crippen LogP contribution in [0.3, 0.4) is 0 Å². The summed E-state index contributed by atoms with van der Waals surface area (Å²) in [5.41, 5.74) is 1.64. The van der Waals surface area contributed by atoms with E-state index < -0.39 is 5.97 Å². The lowest BCUT2D eigenvalue weighted by molar-refractivity contribution is -0.137. The van der Waals surface area contributed by atoms with Crippen LogP contribution in [0.15, 0.2) is 24.3 Å². The molecule has 0 unspecified atom stereocenters. The first-order valence-electron chi connectivity index (χ1n) is 6.50. The third-order valence-electron chi connectivity index (χ3n) is 3.20. The van der Waals surface area contributed by atoms with E-state index in [0.29, 0.717) is 6.42 Å². The molecule has 1 aromatic rings. The molecule has 1 aliphatic rings. The van der Waals surface area contributed by atoms with Gasteiger partial charge in [0.25, 0.3) is 0 Å². The normalized spacial score (nSPS) is 18.2. The fraction of sp³-hybridized carbons (Fsp3) is 0.429. The van der Waals surface area contributed by atoms with Crippen molar-refractivity contribution in [2.24, 2.45) is 0 Å². The van der Waals surface area contributed by atoms with Crippen molar-refractivity contribution in [2.75, 3.05) is 11.9 Å². The van der Waals surface area contributed by atoms with Crippen molar-refractivity contribution in [3.05, 3.63) is 29.8 Å². The van der Waals surface area contributed by atoms with Crippen LogP contribution < -0.4 is 10.6 Å². The van der Waals surface area contributed by atoms with Crippen molar-refractivity contribution in [3.63, 3.8) is 0 Å². The molecule has 1 aliphatic heterocycles. The summed E-state index contributed by atoms with van der Waals surface area (Å²) in [5, 5.41) is 14.7. The number of aryl methyl sites for hydroxylation is 1. The molecule has 5 heteroatoms. The zero-order chi connectivity index (χ0) is 13.7. The first-order chi connectivity index (χ1) is 9.15. The molecule has 0 aromatic heterocycles. The molecule has 1 heterocycles. The highest BCUT2D eigenvalue weighted by atomic mass is 16.4. The monoisotopic (exact) mass is 262 g/mol. The smallest absolute Gasteiger partial charge is 0.303 e. The second kappa shape index (κ2) is 6.33. The number of rotatable bonds is 5. The van der Waals surface area contributed by atoms with Gasteiger partial charge in [-0.25, -0.2) is 0 Å². The molecular weight excluding hydrogens is 244 g/mol. The molecule has 0 radical (unpaired) electrons. The van der Waals surface area contributed by atoms with E-state index in [2.05, 4.69) is 10.6 Å². The van der Waals surface area contributed by atoms with Crippen LogP contribution in [-0.2, 0) is 16.0 Å². The number of nitrogens with one attached hydrogen (secondary N) is 2. The average Bonchev–Trinajstić information content (AvgIpc) is 2.91. The highest BCUT2D eigenvalue weighted by molar-refractivity contribution is 5.95. The van der Waals surface area contributed by atoms with Crippen LogP contribution in [0.5, 0.6) is 0 Å². The fourth-order valence-corrected chi connectivity index (χ4v) is 2.19. The number of anilines is 1. The summed E-state index contributed by atoms with van der Waals surface area (Å²) in [4.78, 5) is 22.5. The second-order valence-corrected chi connectivity index (χ2v) is 4.73. The molecule has 1 amide bonds. The Balaban J connectivity index is 1.94. The zero-order valence-electron chi connectivity index (χ0n) is 10.7. The number of carboxylic acid groups (broad SMARTS) is 1. The lowest BCUT2D eigenvalue weighted by Crippen LogP contribution is -2.35. The third kappa shape index (κ3) is 4.06. The van der Waals surface area contributed by atoms with Crippen molar-refractivity contribution in [3.8, 4) is 0 Å². The lowest BCUT2D eigenvalue weighted by Gasteiger charge is -2.11. The van der Waals surface area contributed by atoms with Crippen LogP contribution in [0, 0.1) is 0 Å². The van der Waals surface area contributed by atoms with Crippen LogP contribution in [0.2, 0.25) is 0 Å². The number of carbonyl (C=O) groups excluding carboxylic acids is 1. The van der Waals surface area contributed by atoms with E-state index in [1.54, 1.807) is 0 Å². The van der Waals surface area contributed by atoms with Crippen LogP contribution in [0.4, 0.5) is 5.69 Å². The van der Waals surface area contributed by atoms with E-state index in [9.17, 15) is 9.59 Å². The van der Waals surface area contributed by atoms with E-state index in [1.165, 1.54) is 0 Å². The van der Waals surface area contributed by atoms with Crippen molar-refractivity contribution < 1.29 is 14.7 Å². The maximum absolute atomic E-state index is 11.9. The van der Waals surface area contributed by atoms with Crippen molar-refractivity contribution >= 4 is 17.6 Å². The van der Waals surface area contributed by atoms with Crippen LogP contribution in [0.1, 0.15) is 24.8 Å². The SMILES string of the molecule is O=C(O)CCc1cccc(NC(=O)[C@H]2CCCN2)c1. The van der Waals surface area contributed by atoms with Crippen LogP contribution >= 0.6 is 0 Å². The number of hydrogen-bond acceptors (Lipinski definition) is 3. The Hall–Kier alpha value is -1.88. The van der Waals surface area contributed by atoms with Gasteiger partial charge in [0.2, 0.25) is 5.91 Å². The van der Waals surface area contributed by atoms with Gasteiger partial charge in [-0.1, -0.05) is 12.1 Å². The number of amides is 1. The minimum atomic E-state index is -0.815.